The second-order valence-corrected chi connectivity index (χ2v) is 5.65. The highest BCUT2D eigenvalue weighted by molar-refractivity contribution is 5.75. The van der Waals surface area contributed by atoms with Gasteiger partial charge < -0.3 is 9.88 Å². The van der Waals surface area contributed by atoms with E-state index >= 15 is 0 Å². The fourth-order valence-electron chi connectivity index (χ4n) is 2.61. The number of hydrogen-bond donors (Lipinski definition) is 1. The Balaban J connectivity index is 1.53. The van der Waals surface area contributed by atoms with Crippen molar-refractivity contribution < 1.29 is 4.79 Å². The Bertz CT molecular complexity index is 829. The molecule has 2 heterocycles. The highest BCUT2D eigenvalue weighted by Crippen LogP contribution is 2.15. The Labute approximate surface area is 147 Å². The van der Waals surface area contributed by atoms with Gasteiger partial charge in [0.15, 0.2) is 0 Å². The van der Waals surface area contributed by atoms with Crippen LogP contribution >= 0.6 is 0 Å². The molecule has 1 amide bonds. The lowest BCUT2D eigenvalue weighted by Crippen LogP contribution is -2.30. The molecule has 0 aliphatic rings. The first-order valence-corrected chi connectivity index (χ1v) is 8.40. The minimum absolute atomic E-state index is 0.0353. The average molecular weight is 335 g/mol. The Kier molecular flexibility index (Phi) is 5.51. The molecule has 0 saturated heterocycles. The maximum Gasteiger partial charge on any atom is 0.239 e. The molecule has 1 aromatic carbocycles. The van der Waals surface area contributed by atoms with E-state index in [1.165, 1.54) is 0 Å². The number of hydrogen-bond acceptors (Lipinski definition) is 4. The number of aryl methyl sites for hydroxylation is 1. The van der Waals surface area contributed by atoms with Crippen LogP contribution in [-0.2, 0) is 24.2 Å². The summed E-state index contributed by atoms with van der Waals surface area (Å²) in [6, 6.07) is 11.9. The smallest absolute Gasteiger partial charge is 0.239 e. The fourth-order valence-corrected chi connectivity index (χ4v) is 2.61. The largest absolute Gasteiger partial charge is 0.354 e. The van der Waals surface area contributed by atoms with Crippen LogP contribution in [0.5, 0.6) is 0 Å². The van der Waals surface area contributed by atoms with Crippen LogP contribution in [0.4, 0.5) is 0 Å². The third kappa shape index (κ3) is 4.50. The van der Waals surface area contributed by atoms with Gasteiger partial charge in [0.25, 0.3) is 0 Å². The predicted molar refractivity (Wildman–Crippen MR) is 95.8 cm³/mol. The van der Waals surface area contributed by atoms with Crippen molar-refractivity contribution in [3.8, 4) is 11.3 Å². The third-order valence-corrected chi connectivity index (χ3v) is 3.88. The molecule has 3 rings (SSSR count). The molecule has 0 aliphatic heterocycles. The number of imidazole rings is 1. The van der Waals surface area contributed by atoms with Crippen molar-refractivity contribution in [1.29, 1.82) is 0 Å². The average Bonchev–Trinajstić information content (AvgIpc) is 3.10. The molecular weight excluding hydrogens is 314 g/mol. The predicted octanol–water partition coefficient (Wildman–Crippen LogP) is 2.26. The molecule has 1 N–H and O–H groups in total. The second-order valence-electron chi connectivity index (χ2n) is 5.65. The van der Waals surface area contributed by atoms with Crippen molar-refractivity contribution in [2.24, 2.45) is 0 Å². The molecule has 2 aromatic heterocycles. The van der Waals surface area contributed by atoms with Crippen LogP contribution in [0, 0.1) is 0 Å². The van der Waals surface area contributed by atoms with Crippen LogP contribution < -0.4 is 5.32 Å². The van der Waals surface area contributed by atoms with Gasteiger partial charge in [0.1, 0.15) is 18.2 Å². The summed E-state index contributed by atoms with van der Waals surface area (Å²) in [5.41, 5.74) is 1.95. The van der Waals surface area contributed by atoms with Crippen molar-refractivity contribution in [2.45, 2.75) is 26.3 Å². The number of amides is 1. The summed E-state index contributed by atoms with van der Waals surface area (Å²) >= 11 is 0. The minimum atomic E-state index is -0.0353. The van der Waals surface area contributed by atoms with Crippen LogP contribution in [0.15, 0.2) is 55.0 Å². The van der Waals surface area contributed by atoms with Crippen molar-refractivity contribution in [1.82, 2.24) is 24.8 Å². The topological polar surface area (TPSA) is 72.7 Å². The van der Waals surface area contributed by atoms with E-state index in [0.29, 0.717) is 13.0 Å². The summed E-state index contributed by atoms with van der Waals surface area (Å²) in [5, 5.41) is 2.91. The Morgan fingerprint density at radius 2 is 1.96 bits per heavy atom. The molecule has 0 radical (unpaired) electrons. The van der Waals surface area contributed by atoms with Gasteiger partial charge in [0, 0.05) is 43.5 Å². The molecule has 0 fully saturated rings. The first kappa shape index (κ1) is 16.8. The van der Waals surface area contributed by atoms with Crippen LogP contribution in [0.25, 0.3) is 11.3 Å². The van der Waals surface area contributed by atoms with E-state index in [9.17, 15) is 4.79 Å². The van der Waals surface area contributed by atoms with Crippen LogP contribution in [-0.4, -0.2) is 32.0 Å². The summed E-state index contributed by atoms with van der Waals surface area (Å²) in [4.78, 5) is 25.1. The van der Waals surface area contributed by atoms with Gasteiger partial charge >= 0.3 is 0 Å². The van der Waals surface area contributed by atoms with E-state index in [1.54, 1.807) is 12.4 Å². The third-order valence-electron chi connectivity index (χ3n) is 3.88. The van der Waals surface area contributed by atoms with Gasteiger partial charge in [-0.25, -0.2) is 15.0 Å². The first-order valence-electron chi connectivity index (χ1n) is 8.40. The number of nitrogens with one attached hydrogen (secondary N) is 1. The highest BCUT2D eigenvalue weighted by Gasteiger charge is 2.07. The molecule has 6 heteroatoms. The molecule has 25 heavy (non-hydrogen) atoms. The molecule has 0 atom stereocenters. The van der Waals surface area contributed by atoms with Gasteiger partial charge in [-0.3, -0.25) is 4.79 Å². The second kappa shape index (κ2) is 8.19. The number of carbonyl (C=O) groups is 1. The zero-order chi connectivity index (χ0) is 17.5. The molecule has 0 unspecified atom stereocenters. The molecule has 0 saturated carbocycles. The lowest BCUT2D eigenvalue weighted by atomic mass is 10.1. The van der Waals surface area contributed by atoms with E-state index in [1.807, 2.05) is 54.1 Å². The van der Waals surface area contributed by atoms with E-state index in [4.69, 9.17) is 0 Å². The first-order chi connectivity index (χ1) is 12.3. The van der Waals surface area contributed by atoms with E-state index < -0.39 is 0 Å². The number of aromatic nitrogens is 4. The molecule has 0 spiro atoms. The van der Waals surface area contributed by atoms with E-state index in [0.717, 1.165) is 29.3 Å². The van der Waals surface area contributed by atoms with E-state index in [-0.39, 0.29) is 12.5 Å². The fraction of sp³-hybridized carbons (Fsp3) is 0.263. The Morgan fingerprint density at radius 3 is 2.76 bits per heavy atom. The van der Waals surface area contributed by atoms with Gasteiger partial charge in [-0.15, -0.1) is 0 Å². The summed E-state index contributed by atoms with van der Waals surface area (Å²) in [6.07, 6.45) is 6.70. The standard InChI is InChI=1S/C19H21N5O/c1-2-18-21-12-13-24(18)14-19(25)22-11-9-17-20-10-8-16(23-17)15-6-4-3-5-7-15/h3-8,10,12-13H,2,9,11,14H2,1H3,(H,22,25). The van der Waals surface area contributed by atoms with Gasteiger partial charge in [-0.05, 0) is 6.07 Å². The molecular formula is C19H21N5O. The SMILES string of the molecule is CCc1nccn1CC(=O)NCCc1nccc(-c2ccccc2)n1. The van der Waals surface area contributed by atoms with Crippen molar-refractivity contribution in [3.05, 3.63) is 66.6 Å². The lowest BCUT2D eigenvalue weighted by Gasteiger charge is -2.08. The Hall–Kier alpha value is -3.02. The van der Waals surface area contributed by atoms with Crippen molar-refractivity contribution in [2.75, 3.05) is 6.54 Å². The van der Waals surface area contributed by atoms with Crippen LogP contribution in [0.3, 0.4) is 0 Å². The number of nitrogens with zero attached hydrogens (tertiary/aromatic N) is 4. The van der Waals surface area contributed by atoms with Crippen molar-refractivity contribution in [3.63, 3.8) is 0 Å². The molecule has 128 valence electrons. The maximum absolute atomic E-state index is 12.1. The summed E-state index contributed by atoms with van der Waals surface area (Å²) in [6.45, 7) is 2.81. The number of rotatable bonds is 7. The van der Waals surface area contributed by atoms with Crippen LogP contribution in [0.2, 0.25) is 0 Å². The number of benzene rings is 1. The van der Waals surface area contributed by atoms with Gasteiger partial charge in [0.2, 0.25) is 5.91 Å². The zero-order valence-corrected chi connectivity index (χ0v) is 14.2. The molecule has 6 nitrogen and oxygen atoms in total. The Morgan fingerprint density at radius 1 is 1.12 bits per heavy atom. The summed E-state index contributed by atoms with van der Waals surface area (Å²) < 4.78 is 1.86. The molecule has 3 aromatic rings. The summed E-state index contributed by atoms with van der Waals surface area (Å²) in [7, 11) is 0. The van der Waals surface area contributed by atoms with Gasteiger partial charge in [-0.1, -0.05) is 37.3 Å². The molecule has 0 aliphatic carbocycles. The highest BCUT2D eigenvalue weighted by atomic mass is 16.1. The molecule has 0 bridgehead atoms. The maximum atomic E-state index is 12.1. The number of carbonyl (C=O) groups excluding carboxylic acids is 1. The summed E-state index contributed by atoms with van der Waals surface area (Å²) in [5.74, 6) is 1.60. The van der Waals surface area contributed by atoms with E-state index in [2.05, 4.69) is 20.3 Å². The zero-order valence-electron chi connectivity index (χ0n) is 14.2. The quantitative estimate of drug-likeness (QED) is 0.719. The van der Waals surface area contributed by atoms with Crippen LogP contribution in [0.1, 0.15) is 18.6 Å². The van der Waals surface area contributed by atoms with Gasteiger partial charge in [-0.2, -0.15) is 0 Å². The minimum Gasteiger partial charge on any atom is -0.354 e. The van der Waals surface area contributed by atoms with Gasteiger partial charge in [0.05, 0.1) is 5.69 Å². The normalized spacial score (nSPS) is 10.6. The van der Waals surface area contributed by atoms with Crippen molar-refractivity contribution >= 4 is 5.91 Å². The lowest BCUT2D eigenvalue weighted by molar-refractivity contribution is -0.121. The monoisotopic (exact) mass is 335 g/mol.